The minimum absolute atomic E-state index is 0.0595. The third kappa shape index (κ3) is 4.79. The number of hydrogen-bond acceptors (Lipinski definition) is 7. The molecule has 1 heterocycles. The summed E-state index contributed by atoms with van der Waals surface area (Å²) in [6.45, 7) is -0.663. The van der Waals surface area contributed by atoms with Crippen LogP contribution in [0.25, 0.3) is 0 Å². The molecular formula is C24H21Br2N3O7. The smallest absolute Gasteiger partial charge is 0.282 e. The molecule has 1 saturated carbocycles. The number of carbonyl (C=O) groups excluding carboxylic acids is 4. The first kappa shape index (κ1) is 26.0. The number of carbonyl (C=O) groups is 4. The number of nitrogens with zero attached hydrogens (tertiary/aromatic N) is 3. The number of Topliss-reactive ketones (excluding diaryl/α,β-unsaturated/α-hetero) is 1. The van der Waals surface area contributed by atoms with Crippen LogP contribution in [0.5, 0.6) is 5.75 Å². The number of imide groups is 1. The first-order chi connectivity index (χ1) is 17.1. The number of nitro groups is 1. The van der Waals surface area contributed by atoms with Crippen LogP contribution in [-0.2, 0) is 9.59 Å². The number of hydrogen-bond donors (Lipinski definition) is 0. The number of alkyl halides is 2. The average molecular weight is 623 g/mol. The van der Waals surface area contributed by atoms with Gasteiger partial charge in [0.15, 0.2) is 5.78 Å². The fourth-order valence-electron chi connectivity index (χ4n) is 4.51. The van der Waals surface area contributed by atoms with E-state index >= 15 is 0 Å². The van der Waals surface area contributed by atoms with Gasteiger partial charge in [-0.15, -0.1) is 0 Å². The van der Waals surface area contributed by atoms with Crippen molar-refractivity contribution < 1.29 is 28.8 Å². The van der Waals surface area contributed by atoms with Crippen molar-refractivity contribution >= 4 is 61.1 Å². The highest BCUT2D eigenvalue weighted by molar-refractivity contribution is 9.12. The number of ether oxygens (including phenoxy) is 1. The van der Waals surface area contributed by atoms with Crippen molar-refractivity contribution in [1.82, 2.24) is 10.0 Å². The van der Waals surface area contributed by atoms with Crippen LogP contribution in [0.1, 0.15) is 33.6 Å². The van der Waals surface area contributed by atoms with E-state index in [2.05, 4.69) is 31.9 Å². The zero-order valence-electron chi connectivity index (χ0n) is 19.0. The highest BCUT2D eigenvalue weighted by Crippen LogP contribution is 2.44. The van der Waals surface area contributed by atoms with Gasteiger partial charge in [0.2, 0.25) is 0 Å². The first-order valence-corrected chi connectivity index (χ1v) is 12.9. The number of nitro benzene ring substituents is 1. The molecule has 10 nitrogen and oxygen atoms in total. The van der Waals surface area contributed by atoms with Gasteiger partial charge in [-0.1, -0.05) is 44.0 Å². The maximum Gasteiger partial charge on any atom is 0.282 e. The minimum atomic E-state index is -0.990. The van der Waals surface area contributed by atoms with Crippen LogP contribution in [0, 0.1) is 22.0 Å². The van der Waals surface area contributed by atoms with Crippen LogP contribution in [0.2, 0.25) is 0 Å². The number of hydrazine groups is 1. The number of rotatable bonds is 7. The Hall–Kier alpha value is -3.12. The standard InChI is InChI=1S/C24H21Br2N3O7/c1-36-14-8-6-13(7-9-14)21(30)12-27(22(31)15-4-2-3-5-20(15)29(34)35)28-23(32)16-10-18(25)19(26)11-17(16)24(28)33/h2-9,16-19H,10-12H2,1H3/t16-,17+,18+,19-. The van der Waals surface area contributed by atoms with E-state index in [0.717, 1.165) is 11.1 Å². The number of amides is 3. The van der Waals surface area contributed by atoms with Crippen LogP contribution in [0.15, 0.2) is 48.5 Å². The summed E-state index contributed by atoms with van der Waals surface area (Å²) in [7, 11) is 1.48. The Morgan fingerprint density at radius 2 is 1.58 bits per heavy atom. The van der Waals surface area contributed by atoms with Crippen LogP contribution in [-0.4, -0.2) is 61.8 Å². The Bertz CT molecular complexity index is 1210. The van der Waals surface area contributed by atoms with E-state index in [1.54, 1.807) is 12.1 Å². The van der Waals surface area contributed by atoms with E-state index in [0.29, 0.717) is 23.6 Å². The molecule has 4 atom stereocenters. The molecule has 0 unspecified atom stereocenters. The molecule has 12 heteroatoms. The monoisotopic (exact) mass is 621 g/mol. The van der Waals surface area contributed by atoms with Crippen molar-refractivity contribution in [2.45, 2.75) is 22.5 Å². The second-order valence-electron chi connectivity index (χ2n) is 8.49. The van der Waals surface area contributed by atoms with E-state index in [-0.39, 0.29) is 20.8 Å². The van der Waals surface area contributed by atoms with Gasteiger partial charge in [-0.05, 0) is 43.2 Å². The summed E-state index contributed by atoms with van der Waals surface area (Å²) >= 11 is 7.04. The number of benzene rings is 2. The lowest BCUT2D eigenvalue weighted by atomic mass is 9.81. The van der Waals surface area contributed by atoms with Crippen LogP contribution >= 0.6 is 31.9 Å². The second kappa shape index (κ2) is 10.5. The Labute approximate surface area is 222 Å². The fraction of sp³-hybridized carbons (Fsp3) is 0.333. The van der Waals surface area contributed by atoms with Gasteiger partial charge in [-0.25, -0.2) is 5.01 Å². The lowest BCUT2D eigenvalue weighted by Gasteiger charge is -2.30. The fourth-order valence-corrected chi connectivity index (χ4v) is 5.74. The summed E-state index contributed by atoms with van der Waals surface area (Å²) in [5.74, 6) is -3.60. The largest absolute Gasteiger partial charge is 0.497 e. The van der Waals surface area contributed by atoms with Gasteiger partial charge in [-0.3, -0.25) is 29.3 Å². The van der Waals surface area contributed by atoms with Crippen molar-refractivity contribution in [3.05, 3.63) is 69.8 Å². The minimum Gasteiger partial charge on any atom is -0.497 e. The second-order valence-corrected chi connectivity index (χ2v) is 10.8. The van der Waals surface area contributed by atoms with Crippen LogP contribution < -0.4 is 4.74 Å². The van der Waals surface area contributed by atoms with Gasteiger partial charge in [0.25, 0.3) is 23.4 Å². The molecule has 1 saturated heterocycles. The topological polar surface area (TPSA) is 127 Å². The predicted molar refractivity (Wildman–Crippen MR) is 135 cm³/mol. The molecular weight excluding hydrogens is 602 g/mol. The molecule has 36 heavy (non-hydrogen) atoms. The predicted octanol–water partition coefficient (Wildman–Crippen LogP) is 3.77. The average Bonchev–Trinajstić information content (AvgIpc) is 3.11. The molecule has 0 aromatic heterocycles. The van der Waals surface area contributed by atoms with E-state index in [4.69, 9.17) is 4.74 Å². The summed E-state index contributed by atoms with van der Waals surface area (Å²) in [6, 6.07) is 11.3. The third-order valence-electron chi connectivity index (χ3n) is 6.40. The summed E-state index contributed by atoms with van der Waals surface area (Å²) < 4.78 is 5.10. The van der Waals surface area contributed by atoms with E-state index in [1.165, 1.54) is 37.4 Å². The van der Waals surface area contributed by atoms with Gasteiger partial charge in [0.1, 0.15) is 17.9 Å². The summed E-state index contributed by atoms with van der Waals surface area (Å²) in [6.07, 6.45) is 0.725. The van der Waals surface area contributed by atoms with E-state index in [9.17, 15) is 29.3 Å². The molecule has 3 amide bonds. The quantitative estimate of drug-likeness (QED) is 0.151. The Morgan fingerprint density at radius 1 is 1.03 bits per heavy atom. The van der Waals surface area contributed by atoms with Crippen LogP contribution in [0.4, 0.5) is 5.69 Å². The van der Waals surface area contributed by atoms with Crippen molar-refractivity contribution in [2.24, 2.45) is 11.8 Å². The van der Waals surface area contributed by atoms with Gasteiger partial charge >= 0.3 is 0 Å². The van der Waals surface area contributed by atoms with E-state index in [1.807, 2.05) is 0 Å². The lowest BCUT2D eigenvalue weighted by molar-refractivity contribution is -0.385. The first-order valence-electron chi connectivity index (χ1n) is 11.0. The van der Waals surface area contributed by atoms with Crippen molar-refractivity contribution in [3.63, 3.8) is 0 Å². The number of fused-ring (bicyclic) bond motifs is 1. The Balaban J connectivity index is 1.73. The Morgan fingerprint density at radius 3 is 2.11 bits per heavy atom. The number of para-hydroxylation sites is 1. The van der Waals surface area contributed by atoms with Crippen molar-refractivity contribution in [2.75, 3.05) is 13.7 Å². The Kier molecular flexibility index (Phi) is 7.55. The van der Waals surface area contributed by atoms with Crippen molar-refractivity contribution in [1.29, 1.82) is 0 Å². The van der Waals surface area contributed by atoms with Gasteiger partial charge in [0.05, 0.1) is 23.9 Å². The zero-order valence-corrected chi connectivity index (χ0v) is 22.2. The summed E-state index contributed by atoms with van der Waals surface area (Å²) in [4.78, 5) is 64.4. The molecule has 0 radical (unpaired) electrons. The highest BCUT2D eigenvalue weighted by Gasteiger charge is 2.55. The van der Waals surface area contributed by atoms with Gasteiger partial charge < -0.3 is 4.74 Å². The molecule has 2 fully saturated rings. The molecule has 2 aliphatic rings. The van der Waals surface area contributed by atoms with Crippen molar-refractivity contribution in [3.8, 4) is 5.75 Å². The molecule has 0 bridgehead atoms. The highest BCUT2D eigenvalue weighted by atomic mass is 79.9. The molecule has 2 aromatic carbocycles. The molecule has 2 aromatic rings. The number of ketones is 1. The molecule has 188 valence electrons. The SMILES string of the molecule is COc1ccc(C(=O)CN(C(=O)c2ccccc2[N+](=O)[O-])N2C(=O)[C@H]3C[C@@H](Br)[C@@H](Br)C[C@H]3C2=O)cc1. The summed E-state index contributed by atoms with van der Waals surface area (Å²) in [5.41, 5.74) is -0.618. The number of methoxy groups -OCH3 is 1. The molecule has 0 N–H and O–H groups in total. The summed E-state index contributed by atoms with van der Waals surface area (Å²) in [5, 5.41) is 13.0. The molecule has 4 rings (SSSR count). The molecule has 1 aliphatic carbocycles. The van der Waals surface area contributed by atoms with E-state index < -0.39 is 52.5 Å². The third-order valence-corrected chi connectivity index (χ3v) is 9.13. The van der Waals surface area contributed by atoms with Crippen LogP contribution in [0.3, 0.4) is 0 Å². The zero-order chi connectivity index (χ0) is 26.1. The lowest BCUT2D eigenvalue weighted by Crippen LogP contribution is -2.52. The molecule has 1 aliphatic heterocycles. The maximum absolute atomic E-state index is 13.6. The maximum atomic E-state index is 13.6. The van der Waals surface area contributed by atoms with Gasteiger partial charge in [0, 0.05) is 21.3 Å². The molecule has 0 spiro atoms. The number of halogens is 2. The normalized spacial score (nSPS) is 23.2. The van der Waals surface area contributed by atoms with Gasteiger partial charge in [-0.2, -0.15) is 5.01 Å².